The number of pyridine rings is 1. The lowest BCUT2D eigenvalue weighted by molar-refractivity contribution is -0.144. The molecule has 1 aromatic carbocycles. The van der Waals surface area contributed by atoms with Crippen LogP contribution in [0.5, 0.6) is 5.75 Å². The molecule has 0 aliphatic rings. The van der Waals surface area contributed by atoms with E-state index in [2.05, 4.69) is 15.1 Å². The summed E-state index contributed by atoms with van der Waals surface area (Å²) in [5.74, 6) is -1.47. The van der Waals surface area contributed by atoms with Crippen molar-refractivity contribution in [1.82, 2.24) is 19.7 Å². The van der Waals surface area contributed by atoms with Gasteiger partial charge in [-0.25, -0.2) is 23.1 Å². The molecule has 0 saturated heterocycles. The normalized spacial score (nSPS) is 12.2. The molecule has 0 unspecified atom stereocenters. The summed E-state index contributed by atoms with van der Waals surface area (Å²) in [4.78, 5) is 7.32. The standard InChI is InChI=1S/C16H11Cl2F3N4O3S/c1-28-13-10(17)5-8(6-11(13)18)14-23-15(16(19,20)21)24-25(14)9-3-4-12(22-7-9)29(2,26)27/h3-7H,1-2H3. The van der Waals surface area contributed by atoms with Crippen LogP contribution in [0.4, 0.5) is 13.2 Å². The van der Waals surface area contributed by atoms with E-state index in [1.54, 1.807) is 0 Å². The second-order valence-electron chi connectivity index (χ2n) is 5.77. The van der Waals surface area contributed by atoms with Crippen LogP contribution in [-0.2, 0) is 16.0 Å². The molecule has 0 aliphatic carbocycles. The molecule has 0 saturated carbocycles. The smallest absolute Gasteiger partial charge is 0.453 e. The van der Waals surface area contributed by atoms with Crippen LogP contribution in [0.3, 0.4) is 0 Å². The minimum absolute atomic E-state index is 0.0541. The van der Waals surface area contributed by atoms with E-state index in [-0.39, 0.29) is 37.9 Å². The van der Waals surface area contributed by atoms with Crippen molar-refractivity contribution >= 4 is 33.0 Å². The molecule has 2 heterocycles. The SMILES string of the molecule is COc1c(Cl)cc(-c2nc(C(F)(F)F)nn2-c2ccc(S(C)(=O)=O)nc2)cc1Cl. The van der Waals surface area contributed by atoms with Gasteiger partial charge < -0.3 is 4.74 Å². The van der Waals surface area contributed by atoms with Crippen LogP contribution in [0.1, 0.15) is 5.82 Å². The highest BCUT2D eigenvalue weighted by atomic mass is 35.5. The summed E-state index contributed by atoms with van der Waals surface area (Å²) in [6, 6.07) is 5.06. The Morgan fingerprint density at radius 1 is 1.14 bits per heavy atom. The number of benzene rings is 1. The van der Waals surface area contributed by atoms with Crippen molar-refractivity contribution in [2.75, 3.05) is 13.4 Å². The molecule has 0 radical (unpaired) electrons. The number of nitrogens with zero attached hydrogens (tertiary/aromatic N) is 4. The van der Waals surface area contributed by atoms with Gasteiger partial charge in [-0.3, -0.25) is 0 Å². The molecule has 3 rings (SSSR count). The van der Waals surface area contributed by atoms with E-state index in [4.69, 9.17) is 27.9 Å². The number of rotatable bonds is 4. The van der Waals surface area contributed by atoms with Crippen molar-refractivity contribution in [3.8, 4) is 22.8 Å². The van der Waals surface area contributed by atoms with Crippen LogP contribution in [0.2, 0.25) is 10.0 Å². The molecule has 0 fully saturated rings. The lowest BCUT2D eigenvalue weighted by atomic mass is 10.2. The number of hydrogen-bond donors (Lipinski definition) is 0. The molecule has 0 amide bonds. The van der Waals surface area contributed by atoms with Crippen molar-refractivity contribution in [3.63, 3.8) is 0 Å². The van der Waals surface area contributed by atoms with Crippen molar-refractivity contribution in [2.45, 2.75) is 11.2 Å². The minimum Gasteiger partial charge on any atom is -0.494 e. The maximum atomic E-state index is 13.2. The van der Waals surface area contributed by atoms with Crippen molar-refractivity contribution in [2.24, 2.45) is 0 Å². The highest BCUT2D eigenvalue weighted by molar-refractivity contribution is 7.90. The summed E-state index contributed by atoms with van der Waals surface area (Å²) in [5, 5.41) is 3.37. The average molecular weight is 467 g/mol. The molecule has 0 N–H and O–H groups in total. The molecule has 2 aromatic heterocycles. The van der Waals surface area contributed by atoms with Gasteiger partial charge in [-0.05, 0) is 24.3 Å². The van der Waals surface area contributed by atoms with Crippen LogP contribution in [-0.4, -0.2) is 41.5 Å². The van der Waals surface area contributed by atoms with Gasteiger partial charge in [0, 0.05) is 11.8 Å². The largest absolute Gasteiger partial charge is 0.494 e. The predicted molar refractivity (Wildman–Crippen MR) is 99.3 cm³/mol. The van der Waals surface area contributed by atoms with E-state index < -0.39 is 21.8 Å². The predicted octanol–water partition coefficient (Wildman–Crippen LogP) is 4.07. The molecule has 0 spiro atoms. The second-order valence-corrected chi connectivity index (χ2v) is 8.55. The number of hydrogen-bond acceptors (Lipinski definition) is 6. The maximum Gasteiger partial charge on any atom is 0.453 e. The number of methoxy groups -OCH3 is 1. The van der Waals surface area contributed by atoms with E-state index in [0.29, 0.717) is 0 Å². The van der Waals surface area contributed by atoms with Crippen molar-refractivity contribution < 1.29 is 26.3 Å². The van der Waals surface area contributed by atoms with Crippen LogP contribution < -0.4 is 4.74 Å². The van der Waals surface area contributed by atoms with Gasteiger partial charge in [0.15, 0.2) is 26.4 Å². The first-order chi connectivity index (χ1) is 13.4. The zero-order valence-electron chi connectivity index (χ0n) is 14.7. The van der Waals surface area contributed by atoms with E-state index in [1.165, 1.54) is 25.3 Å². The van der Waals surface area contributed by atoms with Crippen molar-refractivity contribution in [1.29, 1.82) is 0 Å². The van der Waals surface area contributed by atoms with Crippen LogP contribution in [0.25, 0.3) is 17.1 Å². The van der Waals surface area contributed by atoms with Crippen LogP contribution in [0.15, 0.2) is 35.5 Å². The highest BCUT2D eigenvalue weighted by Gasteiger charge is 2.37. The number of alkyl halides is 3. The Labute approximate surface area is 173 Å². The third-order valence-electron chi connectivity index (χ3n) is 3.67. The van der Waals surface area contributed by atoms with E-state index in [9.17, 15) is 21.6 Å². The van der Waals surface area contributed by atoms with Gasteiger partial charge in [-0.15, -0.1) is 5.10 Å². The monoisotopic (exact) mass is 466 g/mol. The van der Waals surface area contributed by atoms with Crippen LogP contribution >= 0.6 is 23.2 Å². The highest BCUT2D eigenvalue weighted by Crippen LogP contribution is 2.38. The Bertz CT molecular complexity index is 1160. The molecule has 3 aromatic rings. The summed E-state index contributed by atoms with van der Waals surface area (Å²) in [6.45, 7) is 0. The third kappa shape index (κ3) is 4.31. The summed E-state index contributed by atoms with van der Waals surface area (Å²) >= 11 is 12.2. The molecule has 29 heavy (non-hydrogen) atoms. The molecule has 7 nitrogen and oxygen atoms in total. The lowest BCUT2D eigenvalue weighted by Crippen LogP contribution is -2.09. The Balaban J connectivity index is 2.22. The van der Waals surface area contributed by atoms with Gasteiger partial charge in [0.25, 0.3) is 5.82 Å². The molecule has 0 atom stereocenters. The molecule has 0 bridgehead atoms. The first-order valence-electron chi connectivity index (χ1n) is 7.66. The van der Waals surface area contributed by atoms with E-state index in [1.807, 2.05) is 0 Å². The van der Waals surface area contributed by atoms with Gasteiger partial charge in [-0.2, -0.15) is 13.2 Å². The van der Waals surface area contributed by atoms with E-state index >= 15 is 0 Å². The fourth-order valence-electron chi connectivity index (χ4n) is 2.40. The van der Waals surface area contributed by atoms with Crippen molar-refractivity contribution in [3.05, 3.63) is 46.3 Å². The average Bonchev–Trinajstić information content (AvgIpc) is 3.06. The summed E-state index contributed by atoms with van der Waals surface area (Å²) in [5.41, 5.74) is 0.189. The first kappa shape index (κ1) is 21.3. The third-order valence-corrected chi connectivity index (χ3v) is 5.23. The first-order valence-corrected chi connectivity index (χ1v) is 10.3. The zero-order valence-corrected chi connectivity index (χ0v) is 17.0. The quantitative estimate of drug-likeness (QED) is 0.575. The Morgan fingerprint density at radius 2 is 1.76 bits per heavy atom. The zero-order chi connectivity index (χ0) is 21.6. The molecule has 13 heteroatoms. The number of aromatic nitrogens is 4. The van der Waals surface area contributed by atoms with Gasteiger partial charge >= 0.3 is 6.18 Å². The van der Waals surface area contributed by atoms with Crippen LogP contribution in [0, 0.1) is 0 Å². The minimum atomic E-state index is -4.82. The summed E-state index contributed by atoms with van der Waals surface area (Å²) in [7, 11) is -2.25. The summed E-state index contributed by atoms with van der Waals surface area (Å²) < 4.78 is 68.6. The van der Waals surface area contributed by atoms with Gasteiger partial charge in [-0.1, -0.05) is 23.2 Å². The molecular weight excluding hydrogens is 456 g/mol. The Morgan fingerprint density at radius 3 is 2.21 bits per heavy atom. The van der Waals surface area contributed by atoms with Gasteiger partial charge in [0.2, 0.25) is 0 Å². The molecular formula is C16H11Cl2F3N4O3S. The number of ether oxygens (including phenoxy) is 1. The maximum absolute atomic E-state index is 13.2. The summed E-state index contributed by atoms with van der Waals surface area (Å²) in [6.07, 6.45) is -2.79. The Kier molecular flexibility index (Phi) is 5.50. The lowest BCUT2D eigenvalue weighted by Gasteiger charge is -2.10. The van der Waals surface area contributed by atoms with E-state index in [0.717, 1.165) is 23.2 Å². The topological polar surface area (TPSA) is 87.0 Å². The Hall–Kier alpha value is -2.37. The fourth-order valence-corrected chi connectivity index (χ4v) is 3.60. The van der Waals surface area contributed by atoms with Gasteiger partial charge in [0.1, 0.15) is 0 Å². The second kappa shape index (κ2) is 7.47. The molecule has 154 valence electrons. The van der Waals surface area contributed by atoms with Gasteiger partial charge in [0.05, 0.1) is 29.0 Å². The number of sulfone groups is 1. The molecule has 0 aliphatic heterocycles. The number of halogens is 5. The fraction of sp³-hybridized carbons (Fsp3) is 0.188.